The Morgan fingerprint density at radius 3 is 2.55 bits per heavy atom. The standard InChI is InChI=1S/C24H26N6O/c1-15(2)13-30-23-20(22(25)27-14-28-23)21(29-30)18-10-8-17(9-11-18)12-26-24(31)19-7-5-4-6-16(19)3/h4-11,14-15H,12-13H2,1-3H3,(H,26,31)(H2,25,27,28). The summed E-state index contributed by atoms with van der Waals surface area (Å²) in [7, 11) is 0. The Morgan fingerprint density at radius 1 is 1.10 bits per heavy atom. The molecule has 4 rings (SSSR count). The van der Waals surface area contributed by atoms with Crippen LogP contribution in [0.3, 0.4) is 0 Å². The molecule has 0 saturated carbocycles. The average molecular weight is 415 g/mol. The van der Waals surface area contributed by atoms with Crippen LogP contribution in [0.5, 0.6) is 0 Å². The fourth-order valence-corrected chi connectivity index (χ4v) is 3.59. The lowest BCUT2D eigenvalue weighted by molar-refractivity contribution is 0.0950. The van der Waals surface area contributed by atoms with Crippen molar-refractivity contribution in [1.29, 1.82) is 0 Å². The third kappa shape index (κ3) is 4.26. The molecule has 2 aromatic carbocycles. The van der Waals surface area contributed by atoms with Crippen molar-refractivity contribution in [1.82, 2.24) is 25.1 Å². The van der Waals surface area contributed by atoms with Gasteiger partial charge in [0.2, 0.25) is 0 Å². The Balaban J connectivity index is 1.57. The van der Waals surface area contributed by atoms with Crippen LogP contribution in [0.4, 0.5) is 5.82 Å². The Bertz CT molecular complexity index is 1230. The number of anilines is 1. The van der Waals surface area contributed by atoms with Gasteiger partial charge in [-0.15, -0.1) is 0 Å². The molecule has 0 aliphatic rings. The maximum Gasteiger partial charge on any atom is 0.251 e. The number of carbonyl (C=O) groups excluding carboxylic acids is 1. The Hall–Kier alpha value is -3.74. The smallest absolute Gasteiger partial charge is 0.251 e. The molecule has 0 saturated heterocycles. The zero-order valence-corrected chi connectivity index (χ0v) is 18.0. The van der Waals surface area contributed by atoms with E-state index in [2.05, 4.69) is 29.1 Å². The molecule has 0 aliphatic carbocycles. The molecule has 0 radical (unpaired) electrons. The van der Waals surface area contributed by atoms with Gasteiger partial charge in [-0.1, -0.05) is 56.3 Å². The number of aromatic nitrogens is 4. The van der Waals surface area contributed by atoms with Gasteiger partial charge < -0.3 is 11.1 Å². The van der Waals surface area contributed by atoms with Crippen molar-refractivity contribution in [2.75, 3.05) is 5.73 Å². The van der Waals surface area contributed by atoms with Crippen LogP contribution in [-0.2, 0) is 13.1 Å². The number of amides is 1. The lowest BCUT2D eigenvalue weighted by atomic mass is 10.1. The molecular weight excluding hydrogens is 388 g/mol. The molecule has 0 unspecified atom stereocenters. The van der Waals surface area contributed by atoms with Crippen LogP contribution in [0, 0.1) is 12.8 Å². The van der Waals surface area contributed by atoms with E-state index in [1.165, 1.54) is 6.33 Å². The SMILES string of the molecule is Cc1ccccc1C(=O)NCc1ccc(-c2nn(CC(C)C)c3ncnc(N)c23)cc1. The molecule has 0 aliphatic heterocycles. The molecule has 7 nitrogen and oxygen atoms in total. The second-order valence-electron chi connectivity index (χ2n) is 8.08. The molecule has 0 atom stereocenters. The van der Waals surface area contributed by atoms with Crippen molar-refractivity contribution < 1.29 is 4.79 Å². The minimum absolute atomic E-state index is 0.0782. The van der Waals surface area contributed by atoms with E-state index in [1.54, 1.807) is 0 Å². The first kappa shape index (κ1) is 20.5. The highest BCUT2D eigenvalue weighted by molar-refractivity contribution is 5.98. The maximum atomic E-state index is 12.5. The zero-order chi connectivity index (χ0) is 22.0. The molecule has 158 valence electrons. The van der Waals surface area contributed by atoms with Crippen LogP contribution in [0.1, 0.15) is 35.3 Å². The fraction of sp³-hybridized carbons (Fsp3) is 0.250. The predicted octanol–water partition coefficient (Wildman–Crippen LogP) is 3.97. The van der Waals surface area contributed by atoms with E-state index in [0.717, 1.165) is 40.0 Å². The van der Waals surface area contributed by atoms with Crippen LogP contribution < -0.4 is 11.1 Å². The summed E-state index contributed by atoms with van der Waals surface area (Å²) in [5.74, 6) is 0.765. The first-order valence-corrected chi connectivity index (χ1v) is 10.3. The number of carbonyl (C=O) groups is 1. The van der Waals surface area contributed by atoms with E-state index in [1.807, 2.05) is 60.1 Å². The number of rotatable bonds is 6. The van der Waals surface area contributed by atoms with Gasteiger partial charge in [-0.25, -0.2) is 14.6 Å². The van der Waals surface area contributed by atoms with Crippen LogP contribution in [0.25, 0.3) is 22.3 Å². The summed E-state index contributed by atoms with van der Waals surface area (Å²) in [4.78, 5) is 21.0. The van der Waals surface area contributed by atoms with Crippen molar-refractivity contribution in [3.8, 4) is 11.3 Å². The quantitative estimate of drug-likeness (QED) is 0.497. The highest BCUT2D eigenvalue weighted by Crippen LogP contribution is 2.30. The minimum Gasteiger partial charge on any atom is -0.383 e. The molecule has 3 N–H and O–H groups in total. The van der Waals surface area contributed by atoms with Gasteiger partial charge in [-0.3, -0.25) is 4.79 Å². The highest BCUT2D eigenvalue weighted by atomic mass is 16.1. The summed E-state index contributed by atoms with van der Waals surface area (Å²) in [6, 6.07) is 15.5. The first-order valence-electron chi connectivity index (χ1n) is 10.3. The van der Waals surface area contributed by atoms with Crippen LogP contribution in [-0.4, -0.2) is 25.7 Å². The fourth-order valence-electron chi connectivity index (χ4n) is 3.59. The van der Waals surface area contributed by atoms with E-state index in [9.17, 15) is 4.79 Å². The zero-order valence-electron chi connectivity index (χ0n) is 18.0. The Labute approximate surface area is 181 Å². The predicted molar refractivity (Wildman–Crippen MR) is 122 cm³/mol. The van der Waals surface area contributed by atoms with Gasteiger partial charge in [0.25, 0.3) is 5.91 Å². The first-order chi connectivity index (χ1) is 14.9. The van der Waals surface area contributed by atoms with Crippen molar-refractivity contribution in [2.24, 2.45) is 5.92 Å². The summed E-state index contributed by atoms with van der Waals surface area (Å²) < 4.78 is 1.89. The van der Waals surface area contributed by atoms with Gasteiger partial charge >= 0.3 is 0 Å². The van der Waals surface area contributed by atoms with Crippen molar-refractivity contribution in [2.45, 2.75) is 33.9 Å². The third-order valence-corrected chi connectivity index (χ3v) is 5.17. The number of nitrogens with one attached hydrogen (secondary N) is 1. The van der Waals surface area contributed by atoms with E-state index < -0.39 is 0 Å². The topological polar surface area (TPSA) is 98.7 Å². The number of benzene rings is 2. The summed E-state index contributed by atoms with van der Waals surface area (Å²) in [5.41, 5.74) is 11.3. The molecule has 7 heteroatoms. The maximum absolute atomic E-state index is 12.5. The van der Waals surface area contributed by atoms with Crippen molar-refractivity contribution in [3.63, 3.8) is 0 Å². The lowest BCUT2D eigenvalue weighted by Crippen LogP contribution is -2.23. The molecule has 2 aromatic heterocycles. The Morgan fingerprint density at radius 2 is 1.84 bits per heavy atom. The van der Waals surface area contributed by atoms with E-state index >= 15 is 0 Å². The van der Waals surface area contributed by atoms with Gasteiger partial charge in [0.1, 0.15) is 17.8 Å². The molecular formula is C24H26N6O. The Kier molecular flexibility index (Phi) is 5.66. The molecule has 1 amide bonds. The monoisotopic (exact) mass is 414 g/mol. The highest BCUT2D eigenvalue weighted by Gasteiger charge is 2.17. The van der Waals surface area contributed by atoms with Gasteiger partial charge in [-0.05, 0) is 30.0 Å². The second kappa shape index (κ2) is 8.55. The number of aryl methyl sites for hydroxylation is 1. The summed E-state index contributed by atoms with van der Waals surface area (Å²) >= 11 is 0. The van der Waals surface area contributed by atoms with E-state index in [4.69, 9.17) is 10.8 Å². The molecule has 4 aromatic rings. The molecule has 2 heterocycles. The molecule has 0 bridgehead atoms. The molecule has 31 heavy (non-hydrogen) atoms. The van der Waals surface area contributed by atoms with E-state index in [-0.39, 0.29) is 5.91 Å². The van der Waals surface area contributed by atoms with Gasteiger partial charge in [0.15, 0.2) is 5.65 Å². The number of nitrogens with zero attached hydrogens (tertiary/aromatic N) is 4. The van der Waals surface area contributed by atoms with Crippen LogP contribution in [0.15, 0.2) is 54.9 Å². The summed E-state index contributed by atoms with van der Waals surface area (Å²) in [6.45, 7) is 7.40. The van der Waals surface area contributed by atoms with Gasteiger partial charge in [-0.2, -0.15) is 5.10 Å². The van der Waals surface area contributed by atoms with Crippen LogP contribution >= 0.6 is 0 Å². The molecule has 0 fully saturated rings. The van der Waals surface area contributed by atoms with E-state index in [0.29, 0.717) is 23.8 Å². The summed E-state index contributed by atoms with van der Waals surface area (Å²) in [6.07, 6.45) is 1.47. The normalized spacial score (nSPS) is 11.2. The number of hydrogen-bond acceptors (Lipinski definition) is 5. The largest absolute Gasteiger partial charge is 0.383 e. The number of fused-ring (bicyclic) bond motifs is 1. The number of hydrogen-bond donors (Lipinski definition) is 2. The summed E-state index contributed by atoms with van der Waals surface area (Å²) in [5, 5.41) is 8.53. The second-order valence-corrected chi connectivity index (χ2v) is 8.08. The van der Waals surface area contributed by atoms with Crippen molar-refractivity contribution in [3.05, 3.63) is 71.5 Å². The van der Waals surface area contributed by atoms with Crippen LogP contribution in [0.2, 0.25) is 0 Å². The number of nitrogens with two attached hydrogens (primary N) is 1. The molecule has 0 spiro atoms. The van der Waals surface area contributed by atoms with Crippen molar-refractivity contribution >= 4 is 22.8 Å². The lowest BCUT2D eigenvalue weighted by Gasteiger charge is -2.08. The van der Waals surface area contributed by atoms with Gasteiger partial charge in [0.05, 0.1) is 5.39 Å². The minimum atomic E-state index is -0.0782. The number of nitrogen functional groups attached to an aromatic ring is 1. The third-order valence-electron chi connectivity index (χ3n) is 5.17. The average Bonchev–Trinajstić information content (AvgIpc) is 3.12. The van der Waals surface area contributed by atoms with Gasteiger partial charge in [0, 0.05) is 24.2 Å².